The van der Waals surface area contributed by atoms with Gasteiger partial charge in [0.1, 0.15) is 0 Å². The first-order chi connectivity index (χ1) is 7.70. The fourth-order valence-corrected chi connectivity index (χ4v) is 2.41. The average Bonchev–Trinajstić information content (AvgIpc) is 2.81. The zero-order valence-electron chi connectivity index (χ0n) is 8.98. The third kappa shape index (κ3) is 1.98. The number of hydrogen-bond acceptors (Lipinski definition) is 2. The van der Waals surface area contributed by atoms with Crippen molar-refractivity contribution in [1.82, 2.24) is 0 Å². The van der Waals surface area contributed by atoms with Crippen LogP contribution in [0.2, 0.25) is 0 Å². The minimum absolute atomic E-state index is 0.361. The molecule has 0 heterocycles. The van der Waals surface area contributed by atoms with Gasteiger partial charge in [-0.05, 0) is 24.3 Å². The van der Waals surface area contributed by atoms with Crippen molar-refractivity contribution in [3.05, 3.63) is 35.4 Å². The topological polar surface area (TPSA) is 54.4 Å². The van der Waals surface area contributed by atoms with Crippen molar-refractivity contribution in [2.24, 2.45) is 0 Å². The molecule has 1 fully saturated rings. The second-order valence-electron chi connectivity index (χ2n) is 4.20. The van der Waals surface area contributed by atoms with Crippen LogP contribution >= 0.6 is 0 Å². The Labute approximate surface area is 94.1 Å². The SMILES string of the molecule is O=C(O)C(=O)c1ccccc1C1CCCC1. The smallest absolute Gasteiger partial charge is 0.377 e. The predicted molar refractivity (Wildman–Crippen MR) is 59.6 cm³/mol. The fourth-order valence-electron chi connectivity index (χ4n) is 2.41. The van der Waals surface area contributed by atoms with E-state index in [4.69, 9.17) is 5.11 Å². The summed E-state index contributed by atoms with van der Waals surface area (Å²) < 4.78 is 0. The third-order valence-electron chi connectivity index (χ3n) is 3.19. The highest BCUT2D eigenvalue weighted by Gasteiger charge is 2.24. The highest BCUT2D eigenvalue weighted by molar-refractivity contribution is 6.40. The molecule has 16 heavy (non-hydrogen) atoms. The van der Waals surface area contributed by atoms with Gasteiger partial charge in [0.25, 0.3) is 5.78 Å². The summed E-state index contributed by atoms with van der Waals surface area (Å²) in [6.45, 7) is 0. The largest absolute Gasteiger partial charge is 0.475 e. The number of hydrogen-bond donors (Lipinski definition) is 1. The molecule has 1 aliphatic rings. The van der Waals surface area contributed by atoms with Crippen molar-refractivity contribution >= 4 is 11.8 Å². The van der Waals surface area contributed by atoms with Gasteiger partial charge in [-0.2, -0.15) is 0 Å². The first-order valence-corrected chi connectivity index (χ1v) is 5.56. The molecular weight excluding hydrogens is 204 g/mol. The van der Waals surface area contributed by atoms with Crippen LogP contribution < -0.4 is 0 Å². The quantitative estimate of drug-likeness (QED) is 0.626. The number of carbonyl (C=O) groups is 2. The Morgan fingerprint density at radius 2 is 1.75 bits per heavy atom. The summed E-state index contributed by atoms with van der Waals surface area (Å²) in [5.41, 5.74) is 1.27. The average molecular weight is 218 g/mol. The molecule has 1 N–H and O–H groups in total. The van der Waals surface area contributed by atoms with Crippen LogP contribution in [0.3, 0.4) is 0 Å². The molecule has 0 spiro atoms. The van der Waals surface area contributed by atoms with Gasteiger partial charge in [-0.1, -0.05) is 37.1 Å². The van der Waals surface area contributed by atoms with Crippen LogP contribution in [0.5, 0.6) is 0 Å². The molecule has 0 unspecified atom stereocenters. The van der Waals surface area contributed by atoms with Crippen molar-refractivity contribution in [2.75, 3.05) is 0 Å². The first-order valence-electron chi connectivity index (χ1n) is 5.56. The highest BCUT2D eigenvalue weighted by atomic mass is 16.4. The Bertz CT molecular complexity index is 417. The van der Waals surface area contributed by atoms with Gasteiger partial charge in [-0.25, -0.2) is 4.79 Å². The molecule has 0 saturated heterocycles. The molecule has 1 aliphatic carbocycles. The van der Waals surface area contributed by atoms with Crippen LogP contribution in [-0.4, -0.2) is 16.9 Å². The molecule has 0 aromatic heterocycles. The summed E-state index contributed by atoms with van der Waals surface area (Å²) in [7, 11) is 0. The first kappa shape index (κ1) is 10.9. The number of carboxylic acids is 1. The maximum atomic E-state index is 11.5. The van der Waals surface area contributed by atoms with Gasteiger partial charge in [-0.3, -0.25) is 4.79 Å². The summed E-state index contributed by atoms with van der Waals surface area (Å²) in [5.74, 6) is -1.80. The van der Waals surface area contributed by atoms with Gasteiger partial charge >= 0.3 is 5.97 Å². The Morgan fingerprint density at radius 1 is 1.12 bits per heavy atom. The Kier molecular flexibility index (Phi) is 3.04. The van der Waals surface area contributed by atoms with Crippen LogP contribution in [0.1, 0.15) is 47.5 Å². The Morgan fingerprint density at radius 3 is 2.38 bits per heavy atom. The van der Waals surface area contributed by atoms with Gasteiger partial charge in [-0.15, -0.1) is 0 Å². The molecule has 1 saturated carbocycles. The van der Waals surface area contributed by atoms with E-state index >= 15 is 0 Å². The lowest BCUT2D eigenvalue weighted by Crippen LogP contribution is -2.15. The fraction of sp³-hybridized carbons (Fsp3) is 0.385. The molecular formula is C13H14O3. The second-order valence-corrected chi connectivity index (χ2v) is 4.20. The highest BCUT2D eigenvalue weighted by Crippen LogP contribution is 2.35. The van der Waals surface area contributed by atoms with Crippen LogP contribution in [0.4, 0.5) is 0 Å². The van der Waals surface area contributed by atoms with E-state index in [1.165, 1.54) is 12.8 Å². The van der Waals surface area contributed by atoms with E-state index in [0.29, 0.717) is 11.5 Å². The number of ketones is 1. The summed E-state index contributed by atoms with van der Waals surface area (Å²) in [6.07, 6.45) is 4.45. The van der Waals surface area contributed by atoms with Crippen molar-refractivity contribution in [2.45, 2.75) is 31.6 Å². The standard InChI is InChI=1S/C13H14O3/c14-12(13(15)16)11-8-4-3-7-10(11)9-5-1-2-6-9/h3-4,7-9H,1-2,5-6H2,(H,15,16). The van der Waals surface area contributed by atoms with Crippen LogP contribution in [0.15, 0.2) is 24.3 Å². The van der Waals surface area contributed by atoms with Gasteiger partial charge in [0.05, 0.1) is 0 Å². The number of carbonyl (C=O) groups excluding carboxylic acids is 1. The minimum Gasteiger partial charge on any atom is -0.475 e. The van der Waals surface area contributed by atoms with Crippen molar-refractivity contribution < 1.29 is 14.7 Å². The normalized spacial score (nSPS) is 16.2. The number of aliphatic carboxylic acids is 1. The van der Waals surface area contributed by atoms with Gasteiger partial charge < -0.3 is 5.11 Å². The molecule has 0 radical (unpaired) electrons. The molecule has 2 rings (SSSR count). The number of benzene rings is 1. The number of rotatable bonds is 3. The summed E-state index contributed by atoms with van der Waals surface area (Å²) >= 11 is 0. The van der Waals surface area contributed by atoms with E-state index in [2.05, 4.69) is 0 Å². The molecule has 0 bridgehead atoms. The van der Waals surface area contributed by atoms with Crippen molar-refractivity contribution in [3.8, 4) is 0 Å². The monoisotopic (exact) mass is 218 g/mol. The third-order valence-corrected chi connectivity index (χ3v) is 3.19. The molecule has 3 nitrogen and oxygen atoms in total. The van der Waals surface area contributed by atoms with Gasteiger partial charge in [0.15, 0.2) is 0 Å². The summed E-state index contributed by atoms with van der Waals surface area (Å²) in [5, 5.41) is 8.75. The maximum absolute atomic E-state index is 11.5. The molecule has 84 valence electrons. The van der Waals surface area contributed by atoms with Crippen molar-refractivity contribution in [1.29, 1.82) is 0 Å². The van der Waals surface area contributed by atoms with Crippen LogP contribution in [-0.2, 0) is 4.79 Å². The summed E-state index contributed by atoms with van der Waals surface area (Å²) in [4.78, 5) is 22.2. The lowest BCUT2D eigenvalue weighted by molar-refractivity contribution is -0.131. The Hall–Kier alpha value is -1.64. The van der Waals surface area contributed by atoms with Crippen molar-refractivity contribution in [3.63, 3.8) is 0 Å². The van der Waals surface area contributed by atoms with Crippen LogP contribution in [0.25, 0.3) is 0 Å². The molecule has 1 aromatic carbocycles. The number of Topliss-reactive ketones (excluding diaryl/α,β-unsaturated/α-hetero) is 1. The predicted octanol–water partition coefficient (Wildman–Crippen LogP) is 2.61. The molecule has 3 heteroatoms. The molecule has 0 atom stereocenters. The molecule has 1 aromatic rings. The van der Waals surface area contributed by atoms with E-state index in [9.17, 15) is 9.59 Å². The lowest BCUT2D eigenvalue weighted by Gasteiger charge is -2.12. The second kappa shape index (κ2) is 4.47. The van der Waals surface area contributed by atoms with Gasteiger partial charge in [0, 0.05) is 5.56 Å². The van der Waals surface area contributed by atoms with E-state index in [1.807, 2.05) is 12.1 Å². The van der Waals surface area contributed by atoms with Crippen LogP contribution in [0, 0.1) is 0 Å². The molecule has 0 amide bonds. The van der Waals surface area contributed by atoms with E-state index in [-0.39, 0.29) is 0 Å². The molecule has 0 aliphatic heterocycles. The van der Waals surface area contributed by atoms with Gasteiger partial charge in [0.2, 0.25) is 0 Å². The summed E-state index contributed by atoms with van der Waals surface area (Å²) in [6, 6.07) is 7.08. The minimum atomic E-state index is -1.37. The Balaban J connectivity index is 2.37. The van der Waals surface area contributed by atoms with E-state index < -0.39 is 11.8 Å². The zero-order chi connectivity index (χ0) is 11.5. The lowest BCUT2D eigenvalue weighted by atomic mass is 9.91. The maximum Gasteiger partial charge on any atom is 0.377 e. The number of carboxylic acid groups (broad SMARTS) is 1. The zero-order valence-corrected chi connectivity index (χ0v) is 8.98. The van der Waals surface area contributed by atoms with E-state index in [0.717, 1.165) is 18.4 Å². The van der Waals surface area contributed by atoms with E-state index in [1.54, 1.807) is 12.1 Å².